The summed E-state index contributed by atoms with van der Waals surface area (Å²) in [6.45, 7) is 0. The van der Waals surface area contributed by atoms with E-state index in [0.717, 1.165) is 25.7 Å². The summed E-state index contributed by atoms with van der Waals surface area (Å²) in [7, 11) is 3.13. The summed E-state index contributed by atoms with van der Waals surface area (Å²) in [6, 6.07) is 12.6. The maximum absolute atomic E-state index is 13.3. The number of amides is 1. The predicted octanol–water partition coefficient (Wildman–Crippen LogP) is 4.39. The first-order valence-corrected chi connectivity index (χ1v) is 9.41. The molecule has 4 nitrogen and oxygen atoms in total. The lowest BCUT2D eigenvalue weighted by atomic mass is 9.84. The first-order chi connectivity index (χ1) is 13.1. The Kier molecular flexibility index (Phi) is 4.77. The van der Waals surface area contributed by atoms with Gasteiger partial charge in [-0.3, -0.25) is 4.79 Å². The van der Waals surface area contributed by atoms with Crippen LogP contribution < -0.4 is 9.47 Å². The number of methoxy groups -OCH3 is 2. The van der Waals surface area contributed by atoms with Crippen molar-refractivity contribution < 1.29 is 18.7 Å². The highest BCUT2D eigenvalue weighted by Crippen LogP contribution is 2.44. The van der Waals surface area contributed by atoms with Crippen LogP contribution in [0.5, 0.6) is 11.5 Å². The van der Waals surface area contributed by atoms with Crippen LogP contribution in [-0.4, -0.2) is 37.1 Å². The summed E-state index contributed by atoms with van der Waals surface area (Å²) in [4.78, 5) is 15.4. The number of carbonyl (C=O) groups excluding carboxylic acids is 1. The zero-order chi connectivity index (χ0) is 19.0. The van der Waals surface area contributed by atoms with Crippen molar-refractivity contribution in [2.24, 2.45) is 0 Å². The predicted molar refractivity (Wildman–Crippen MR) is 101 cm³/mol. The summed E-state index contributed by atoms with van der Waals surface area (Å²) in [5.41, 5.74) is 1.72. The number of para-hydroxylation sites is 1. The molecule has 2 heterocycles. The highest BCUT2D eigenvalue weighted by Gasteiger charge is 2.44. The number of fused-ring (bicyclic) bond motifs is 2. The standard InChI is InChI=1S/C22H24FNO3/c1-26-20-5-3-4-19(21(20)27-2)22(25)24-17-10-11-18(24)13-15(12-17)14-6-8-16(23)9-7-14/h3-9,15,17-18H,10-13H2,1-2H3. The van der Waals surface area contributed by atoms with Gasteiger partial charge in [-0.15, -0.1) is 0 Å². The van der Waals surface area contributed by atoms with Crippen molar-refractivity contribution in [1.82, 2.24) is 4.90 Å². The third kappa shape index (κ3) is 3.15. The molecule has 27 heavy (non-hydrogen) atoms. The highest BCUT2D eigenvalue weighted by atomic mass is 19.1. The first kappa shape index (κ1) is 17.8. The Morgan fingerprint density at radius 3 is 2.26 bits per heavy atom. The van der Waals surface area contributed by atoms with Crippen LogP contribution in [0.15, 0.2) is 42.5 Å². The molecule has 5 heteroatoms. The van der Waals surface area contributed by atoms with Gasteiger partial charge in [0.2, 0.25) is 0 Å². The normalized spacial score (nSPS) is 24.0. The van der Waals surface area contributed by atoms with E-state index in [1.54, 1.807) is 26.4 Å². The minimum Gasteiger partial charge on any atom is -0.493 e. The van der Waals surface area contributed by atoms with E-state index in [9.17, 15) is 9.18 Å². The van der Waals surface area contributed by atoms with E-state index in [4.69, 9.17) is 9.47 Å². The summed E-state index contributed by atoms with van der Waals surface area (Å²) >= 11 is 0. The fraction of sp³-hybridized carbons (Fsp3) is 0.409. The molecule has 2 atom stereocenters. The SMILES string of the molecule is COc1cccc(C(=O)N2C3CCC2CC(c2ccc(F)cc2)C3)c1OC. The van der Waals surface area contributed by atoms with Crippen LogP contribution in [0.4, 0.5) is 4.39 Å². The molecule has 0 N–H and O–H groups in total. The molecule has 1 amide bonds. The van der Waals surface area contributed by atoms with Gasteiger partial charge in [0.15, 0.2) is 11.5 Å². The fourth-order valence-electron chi connectivity index (χ4n) is 4.71. The monoisotopic (exact) mass is 369 g/mol. The van der Waals surface area contributed by atoms with Crippen molar-refractivity contribution in [3.8, 4) is 11.5 Å². The van der Waals surface area contributed by atoms with E-state index in [-0.39, 0.29) is 23.8 Å². The van der Waals surface area contributed by atoms with E-state index in [1.165, 1.54) is 17.7 Å². The number of hydrogen-bond acceptors (Lipinski definition) is 3. The molecular formula is C22H24FNO3. The minimum atomic E-state index is -0.209. The molecule has 2 bridgehead atoms. The summed E-state index contributed by atoms with van der Waals surface area (Å²) in [6.07, 6.45) is 3.86. The molecule has 0 saturated carbocycles. The Labute approximate surface area is 158 Å². The van der Waals surface area contributed by atoms with Gasteiger partial charge in [-0.05, 0) is 61.4 Å². The van der Waals surface area contributed by atoms with Gasteiger partial charge in [0, 0.05) is 12.1 Å². The molecule has 2 aliphatic rings. The average molecular weight is 369 g/mol. The van der Waals surface area contributed by atoms with Gasteiger partial charge in [0.1, 0.15) is 5.82 Å². The number of ether oxygens (including phenoxy) is 2. The maximum Gasteiger partial charge on any atom is 0.258 e. The van der Waals surface area contributed by atoms with Gasteiger partial charge in [0.25, 0.3) is 5.91 Å². The van der Waals surface area contributed by atoms with Gasteiger partial charge in [-0.2, -0.15) is 0 Å². The number of carbonyl (C=O) groups is 1. The maximum atomic E-state index is 13.3. The summed E-state index contributed by atoms with van der Waals surface area (Å²) in [5.74, 6) is 1.23. The molecule has 2 fully saturated rings. The van der Waals surface area contributed by atoms with Crippen LogP contribution in [0, 0.1) is 5.82 Å². The average Bonchev–Trinajstić information content (AvgIpc) is 2.96. The zero-order valence-electron chi connectivity index (χ0n) is 15.7. The van der Waals surface area contributed by atoms with Crippen LogP contribution in [0.2, 0.25) is 0 Å². The van der Waals surface area contributed by atoms with Crippen molar-refractivity contribution >= 4 is 5.91 Å². The van der Waals surface area contributed by atoms with Gasteiger partial charge in [-0.25, -0.2) is 4.39 Å². The Bertz CT molecular complexity index is 822. The number of rotatable bonds is 4. The van der Waals surface area contributed by atoms with Crippen LogP contribution in [0.3, 0.4) is 0 Å². The molecule has 142 valence electrons. The lowest BCUT2D eigenvalue weighted by molar-refractivity contribution is 0.0567. The van der Waals surface area contributed by atoms with Gasteiger partial charge < -0.3 is 14.4 Å². The van der Waals surface area contributed by atoms with Crippen LogP contribution >= 0.6 is 0 Å². The number of hydrogen-bond donors (Lipinski definition) is 0. The number of piperidine rings is 1. The molecular weight excluding hydrogens is 345 g/mol. The lowest BCUT2D eigenvalue weighted by Gasteiger charge is -2.39. The van der Waals surface area contributed by atoms with E-state index < -0.39 is 0 Å². The second-order valence-corrected chi connectivity index (χ2v) is 7.36. The molecule has 2 saturated heterocycles. The van der Waals surface area contributed by atoms with Crippen LogP contribution in [-0.2, 0) is 0 Å². The molecule has 0 aliphatic carbocycles. The van der Waals surface area contributed by atoms with E-state index in [1.807, 2.05) is 23.1 Å². The fourth-order valence-corrected chi connectivity index (χ4v) is 4.71. The summed E-state index contributed by atoms with van der Waals surface area (Å²) < 4.78 is 24.0. The molecule has 0 radical (unpaired) electrons. The lowest BCUT2D eigenvalue weighted by Crippen LogP contribution is -2.46. The molecule has 0 aromatic heterocycles. The quantitative estimate of drug-likeness (QED) is 0.802. The molecule has 2 unspecified atom stereocenters. The Balaban J connectivity index is 1.58. The van der Waals surface area contributed by atoms with Crippen molar-refractivity contribution in [3.63, 3.8) is 0 Å². The van der Waals surface area contributed by atoms with Crippen LogP contribution in [0.1, 0.15) is 47.5 Å². The number of nitrogens with zero attached hydrogens (tertiary/aromatic N) is 1. The Morgan fingerprint density at radius 1 is 1.00 bits per heavy atom. The second-order valence-electron chi connectivity index (χ2n) is 7.36. The largest absolute Gasteiger partial charge is 0.493 e. The third-order valence-corrected chi connectivity index (χ3v) is 5.94. The summed E-state index contributed by atoms with van der Waals surface area (Å²) in [5, 5.41) is 0. The Morgan fingerprint density at radius 2 is 1.67 bits per heavy atom. The minimum absolute atomic E-state index is 0.0100. The smallest absolute Gasteiger partial charge is 0.258 e. The van der Waals surface area contributed by atoms with Gasteiger partial charge >= 0.3 is 0 Å². The molecule has 4 rings (SSSR count). The Hall–Kier alpha value is -2.56. The van der Waals surface area contributed by atoms with Crippen molar-refractivity contribution in [3.05, 3.63) is 59.4 Å². The molecule has 2 aliphatic heterocycles. The van der Waals surface area contributed by atoms with Gasteiger partial charge in [-0.1, -0.05) is 18.2 Å². The molecule has 2 aromatic rings. The van der Waals surface area contributed by atoms with Crippen molar-refractivity contribution in [2.75, 3.05) is 14.2 Å². The van der Waals surface area contributed by atoms with Gasteiger partial charge in [0.05, 0.1) is 19.8 Å². The third-order valence-electron chi connectivity index (χ3n) is 5.94. The molecule has 0 spiro atoms. The topological polar surface area (TPSA) is 38.8 Å². The van der Waals surface area contributed by atoms with E-state index >= 15 is 0 Å². The second kappa shape index (κ2) is 7.22. The van der Waals surface area contributed by atoms with Crippen molar-refractivity contribution in [1.29, 1.82) is 0 Å². The molecule has 2 aromatic carbocycles. The number of benzene rings is 2. The first-order valence-electron chi connectivity index (χ1n) is 9.41. The highest BCUT2D eigenvalue weighted by molar-refractivity contribution is 5.98. The number of halogens is 1. The van der Waals surface area contributed by atoms with E-state index in [2.05, 4.69) is 0 Å². The van der Waals surface area contributed by atoms with Crippen LogP contribution in [0.25, 0.3) is 0 Å². The van der Waals surface area contributed by atoms with Crippen molar-refractivity contribution in [2.45, 2.75) is 43.7 Å². The zero-order valence-corrected chi connectivity index (χ0v) is 15.7. The van der Waals surface area contributed by atoms with E-state index in [0.29, 0.717) is 23.0 Å².